The number of ketones is 1. The molecule has 0 radical (unpaired) electrons. The van der Waals surface area contributed by atoms with E-state index in [0.717, 1.165) is 31.2 Å². The van der Waals surface area contributed by atoms with Crippen LogP contribution in [0.25, 0.3) is 0 Å². The van der Waals surface area contributed by atoms with E-state index in [-0.39, 0.29) is 23.7 Å². The molecule has 0 bridgehead atoms. The molecule has 6 heteroatoms. The van der Waals surface area contributed by atoms with Crippen molar-refractivity contribution in [2.24, 2.45) is 5.92 Å². The zero-order valence-corrected chi connectivity index (χ0v) is 16.5. The smallest absolute Gasteiger partial charge is 0.345 e. The Hall–Kier alpha value is -2.01. The predicted octanol–water partition coefficient (Wildman–Crippen LogP) is 4.56. The van der Waals surface area contributed by atoms with E-state index < -0.39 is 17.4 Å². The molecular formula is C21H25ClO5. The Morgan fingerprint density at radius 3 is 2.63 bits per heavy atom. The molecule has 1 aromatic rings. The van der Waals surface area contributed by atoms with Crippen LogP contribution in [-0.2, 0) is 20.7 Å². The summed E-state index contributed by atoms with van der Waals surface area (Å²) in [5.74, 6) is -0.503. The minimum Gasteiger partial charge on any atom is -0.511 e. The summed E-state index contributed by atoms with van der Waals surface area (Å²) in [6.07, 6.45) is 5.50. The van der Waals surface area contributed by atoms with Gasteiger partial charge in [0.25, 0.3) is 0 Å². The topological polar surface area (TPSA) is 72.8 Å². The maximum absolute atomic E-state index is 12.5. The fourth-order valence-corrected chi connectivity index (χ4v) is 4.63. The van der Waals surface area contributed by atoms with Crippen molar-refractivity contribution in [2.45, 2.75) is 57.5 Å². The molecule has 1 unspecified atom stereocenters. The van der Waals surface area contributed by atoms with E-state index >= 15 is 0 Å². The number of benzene rings is 1. The highest BCUT2D eigenvalue weighted by atomic mass is 35.5. The van der Waals surface area contributed by atoms with Gasteiger partial charge in [-0.05, 0) is 56.2 Å². The summed E-state index contributed by atoms with van der Waals surface area (Å²) in [5.41, 5.74) is 0.0226. The summed E-state index contributed by atoms with van der Waals surface area (Å²) in [4.78, 5) is 24.2. The van der Waals surface area contributed by atoms with E-state index in [4.69, 9.17) is 21.1 Å². The number of halogens is 1. The Bertz CT molecular complexity index is 779. The van der Waals surface area contributed by atoms with Gasteiger partial charge in [0.1, 0.15) is 22.7 Å². The second kappa shape index (κ2) is 7.93. The third kappa shape index (κ3) is 3.98. The SMILES string of the molecule is COc1ccc(CCC2(C3CCCC3)CC(O)=C(C(C)=O)C(=O)O2)cc1Cl. The summed E-state index contributed by atoms with van der Waals surface area (Å²) < 4.78 is 11.0. The minimum atomic E-state index is -0.775. The van der Waals surface area contributed by atoms with Gasteiger partial charge in [-0.2, -0.15) is 0 Å². The quantitative estimate of drug-likeness (QED) is 0.567. The maximum atomic E-state index is 12.5. The highest BCUT2D eigenvalue weighted by Gasteiger charge is 2.48. The third-order valence-electron chi connectivity index (χ3n) is 5.76. The number of aryl methyl sites for hydroxylation is 1. The van der Waals surface area contributed by atoms with Crippen LogP contribution in [0, 0.1) is 5.92 Å². The number of aliphatic hydroxyl groups excluding tert-OH is 1. The van der Waals surface area contributed by atoms with Crippen LogP contribution in [-0.4, -0.2) is 29.6 Å². The number of rotatable bonds is 6. The van der Waals surface area contributed by atoms with Crippen LogP contribution in [0.15, 0.2) is 29.5 Å². The standard InChI is InChI=1S/C21H25ClO5/c1-13(23)19-17(24)12-21(27-20(19)25,15-5-3-4-6-15)10-9-14-7-8-18(26-2)16(22)11-14/h7-8,11,15,24H,3-6,9-10,12H2,1-2H3. The number of aliphatic hydroxyl groups is 1. The first-order valence-corrected chi connectivity index (χ1v) is 9.73. The summed E-state index contributed by atoms with van der Waals surface area (Å²) in [6.45, 7) is 1.27. The van der Waals surface area contributed by atoms with Crippen molar-refractivity contribution in [3.05, 3.63) is 40.1 Å². The normalized spacial score (nSPS) is 23.4. The molecule has 5 nitrogen and oxygen atoms in total. The number of Topliss-reactive ketones (excluding diaryl/α,β-unsaturated/α-hetero) is 1. The third-order valence-corrected chi connectivity index (χ3v) is 6.06. The van der Waals surface area contributed by atoms with E-state index in [0.29, 0.717) is 23.6 Å². The average molecular weight is 393 g/mol. The van der Waals surface area contributed by atoms with Crippen LogP contribution in [0.5, 0.6) is 5.75 Å². The molecule has 1 aromatic carbocycles. The van der Waals surface area contributed by atoms with E-state index in [9.17, 15) is 14.7 Å². The molecule has 1 aliphatic carbocycles. The van der Waals surface area contributed by atoms with Gasteiger partial charge >= 0.3 is 5.97 Å². The second-order valence-electron chi connectivity index (χ2n) is 7.46. The van der Waals surface area contributed by atoms with Crippen LogP contribution in [0.3, 0.4) is 0 Å². The van der Waals surface area contributed by atoms with Crippen LogP contribution in [0.2, 0.25) is 5.02 Å². The largest absolute Gasteiger partial charge is 0.511 e. The molecule has 3 rings (SSSR count). The molecule has 1 fully saturated rings. The van der Waals surface area contributed by atoms with Crippen molar-refractivity contribution in [1.82, 2.24) is 0 Å². The Balaban J connectivity index is 1.86. The van der Waals surface area contributed by atoms with E-state index in [1.807, 2.05) is 18.2 Å². The Morgan fingerprint density at radius 1 is 1.37 bits per heavy atom. The van der Waals surface area contributed by atoms with Crippen LogP contribution >= 0.6 is 11.6 Å². The van der Waals surface area contributed by atoms with Gasteiger partial charge < -0.3 is 14.6 Å². The van der Waals surface area contributed by atoms with Crippen molar-refractivity contribution in [3.8, 4) is 5.75 Å². The number of carbonyl (C=O) groups is 2. The van der Waals surface area contributed by atoms with Crippen molar-refractivity contribution in [2.75, 3.05) is 7.11 Å². The first kappa shape index (κ1) is 19.7. The van der Waals surface area contributed by atoms with Crippen molar-refractivity contribution < 1.29 is 24.2 Å². The monoisotopic (exact) mass is 392 g/mol. The van der Waals surface area contributed by atoms with Gasteiger partial charge in [0.05, 0.1) is 12.1 Å². The molecule has 27 heavy (non-hydrogen) atoms. The molecule has 1 atom stereocenters. The first-order chi connectivity index (χ1) is 12.9. The van der Waals surface area contributed by atoms with E-state index in [1.54, 1.807) is 7.11 Å². The molecule has 0 amide bonds. The molecular weight excluding hydrogens is 368 g/mol. The van der Waals surface area contributed by atoms with Crippen molar-refractivity contribution in [3.63, 3.8) is 0 Å². The molecule has 0 aromatic heterocycles. The Kier molecular flexibility index (Phi) is 5.80. The van der Waals surface area contributed by atoms with Gasteiger partial charge in [0.15, 0.2) is 5.78 Å². The summed E-state index contributed by atoms with van der Waals surface area (Å²) in [7, 11) is 1.57. The molecule has 2 aliphatic rings. The summed E-state index contributed by atoms with van der Waals surface area (Å²) >= 11 is 6.22. The lowest BCUT2D eigenvalue weighted by molar-refractivity contribution is -0.167. The van der Waals surface area contributed by atoms with Crippen LogP contribution in [0.1, 0.15) is 51.0 Å². The average Bonchev–Trinajstić information content (AvgIpc) is 3.14. The number of methoxy groups -OCH3 is 1. The fourth-order valence-electron chi connectivity index (χ4n) is 4.35. The number of hydrogen-bond acceptors (Lipinski definition) is 5. The predicted molar refractivity (Wildman–Crippen MR) is 102 cm³/mol. The lowest BCUT2D eigenvalue weighted by Crippen LogP contribution is -2.46. The molecule has 0 spiro atoms. The number of ether oxygens (including phenoxy) is 2. The van der Waals surface area contributed by atoms with Gasteiger partial charge in [0, 0.05) is 6.42 Å². The molecule has 1 N–H and O–H groups in total. The summed E-state index contributed by atoms with van der Waals surface area (Å²) in [6, 6.07) is 5.61. The van der Waals surface area contributed by atoms with Gasteiger partial charge in [-0.3, -0.25) is 4.79 Å². The zero-order valence-electron chi connectivity index (χ0n) is 15.7. The second-order valence-corrected chi connectivity index (χ2v) is 7.87. The lowest BCUT2D eigenvalue weighted by atomic mass is 9.76. The zero-order chi connectivity index (χ0) is 19.6. The Labute approximate surface area is 164 Å². The first-order valence-electron chi connectivity index (χ1n) is 9.35. The maximum Gasteiger partial charge on any atom is 0.345 e. The molecule has 0 saturated heterocycles. The highest BCUT2D eigenvalue weighted by molar-refractivity contribution is 6.32. The van der Waals surface area contributed by atoms with Crippen molar-refractivity contribution >= 4 is 23.4 Å². The molecule has 146 valence electrons. The van der Waals surface area contributed by atoms with Gasteiger partial charge in [-0.25, -0.2) is 4.79 Å². The fraction of sp³-hybridized carbons (Fsp3) is 0.524. The number of cyclic esters (lactones) is 1. The molecule has 1 aliphatic heterocycles. The van der Waals surface area contributed by atoms with E-state index in [2.05, 4.69) is 0 Å². The van der Waals surface area contributed by atoms with Gasteiger partial charge in [0.2, 0.25) is 0 Å². The number of hydrogen-bond donors (Lipinski definition) is 1. The van der Waals surface area contributed by atoms with Gasteiger partial charge in [-0.1, -0.05) is 30.5 Å². The van der Waals surface area contributed by atoms with Crippen LogP contribution < -0.4 is 4.74 Å². The van der Waals surface area contributed by atoms with Crippen LogP contribution in [0.4, 0.5) is 0 Å². The lowest BCUT2D eigenvalue weighted by Gasteiger charge is -2.41. The van der Waals surface area contributed by atoms with Crippen molar-refractivity contribution in [1.29, 1.82) is 0 Å². The Morgan fingerprint density at radius 2 is 2.07 bits per heavy atom. The van der Waals surface area contributed by atoms with Gasteiger partial charge in [-0.15, -0.1) is 0 Å². The molecule has 1 heterocycles. The molecule has 1 saturated carbocycles. The highest BCUT2D eigenvalue weighted by Crippen LogP contribution is 2.45. The minimum absolute atomic E-state index is 0.140. The number of carbonyl (C=O) groups excluding carboxylic acids is 2. The van der Waals surface area contributed by atoms with E-state index in [1.165, 1.54) is 6.92 Å². The summed E-state index contributed by atoms with van der Waals surface area (Å²) in [5, 5.41) is 11.0. The number of esters is 1.